The summed E-state index contributed by atoms with van der Waals surface area (Å²) in [6.07, 6.45) is 2.29. The molecule has 2 aromatic heterocycles. The summed E-state index contributed by atoms with van der Waals surface area (Å²) in [7, 11) is 0. The number of carboxylic acids is 1. The lowest BCUT2D eigenvalue weighted by Crippen LogP contribution is -2.23. The van der Waals surface area contributed by atoms with Crippen LogP contribution in [0, 0.1) is 0 Å². The van der Waals surface area contributed by atoms with Gasteiger partial charge in [0.15, 0.2) is 0 Å². The third-order valence-corrected chi connectivity index (χ3v) is 3.85. The van der Waals surface area contributed by atoms with Gasteiger partial charge in [-0.25, -0.2) is 4.68 Å². The van der Waals surface area contributed by atoms with Crippen LogP contribution in [0.25, 0.3) is 21.8 Å². The molecule has 2 heterocycles. The Morgan fingerprint density at radius 3 is 2.77 bits per heavy atom. The number of aromatic nitrogens is 3. The summed E-state index contributed by atoms with van der Waals surface area (Å²) in [5.41, 5.74) is 1.41. The summed E-state index contributed by atoms with van der Waals surface area (Å²) < 4.78 is 3.35. The second kappa shape index (κ2) is 5.63. The Morgan fingerprint density at radius 1 is 1.27 bits per heavy atom. The van der Waals surface area contributed by atoms with Gasteiger partial charge in [0, 0.05) is 35.8 Å². The summed E-state index contributed by atoms with van der Waals surface area (Å²) in [4.78, 5) is 23.3. The lowest BCUT2D eigenvalue weighted by Gasteiger charge is -2.07. The fourth-order valence-electron chi connectivity index (χ4n) is 2.84. The zero-order chi connectivity index (χ0) is 15.7. The van der Waals surface area contributed by atoms with E-state index in [9.17, 15) is 9.59 Å². The molecule has 0 atom stereocenters. The van der Waals surface area contributed by atoms with Crippen molar-refractivity contribution in [2.75, 3.05) is 0 Å². The first-order valence-electron chi connectivity index (χ1n) is 7.32. The predicted molar refractivity (Wildman–Crippen MR) is 84.0 cm³/mol. The largest absolute Gasteiger partial charge is 0.481 e. The number of carbonyl (C=O) groups is 1. The molecule has 114 valence electrons. The summed E-state index contributed by atoms with van der Waals surface area (Å²) in [6.45, 7) is 2.88. The smallest absolute Gasteiger partial charge is 0.303 e. The normalized spacial score (nSPS) is 11.3. The van der Waals surface area contributed by atoms with Crippen molar-refractivity contribution in [3.05, 3.63) is 40.8 Å². The van der Waals surface area contributed by atoms with E-state index in [0.717, 1.165) is 16.3 Å². The topological polar surface area (TPSA) is 77.1 Å². The van der Waals surface area contributed by atoms with Gasteiger partial charge >= 0.3 is 5.97 Å². The predicted octanol–water partition coefficient (Wildman–Crippen LogP) is 2.24. The highest BCUT2D eigenvalue weighted by Gasteiger charge is 2.15. The molecule has 0 saturated carbocycles. The van der Waals surface area contributed by atoms with Gasteiger partial charge in [-0.15, -0.1) is 0 Å². The number of nitrogens with zero attached hydrogens (tertiary/aromatic N) is 3. The van der Waals surface area contributed by atoms with E-state index in [-0.39, 0.29) is 12.0 Å². The van der Waals surface area contributed by atoms with Gasteiger partial charge in [0.1, 0.15) is 5.52 Å². The highest BCUT2D eigenvalue weighted by molar-refractivity contribution is 6.07. The molecule has 0 fully saturated rings. The van der Waals surface area contributed by atoms with Crippen LogP contribution in [0.3, 0.4) is 0 Å². The second-order valence-electron chi connectivity index (χ2n) is 5.19. The van der Waals surface area contributed by atoms with Crippen LogP contribution in [0.4, 0.5) is 0 Å². The van der Waals surface area contributed by atoms with Crippen LogP contribution in [0.5, 0.6) is 0 Å². The molecule has 0 bridgehead atoms. The SMILES string of the molecule is CCn1ncc2c3ccccc3n(CCCC(=O)O)c2c1=O. The fraction of sp³-hybridized carbons (Fsp3) is 0.312. The summed E-state index contributed by atoms with van der Waals surface area (Å²) >= 11 is 0. The first-order chi connectivity index (χ1) is 10.6. The molecular formula is C16H17N3O3. The molecule has 0 amide bonds. The van der Waals surface area contributed by atoms with Crippen LogP contribution in [-0.4, -0.2) is 25.4 Å². The van der Waals surface area contributed by atoms with Gasteiger partial charge in [0.05, 0.1) is 6.20 Å². The van der Waals surface area contributed by atoms with E-state index in [1.165, 1.54) is 4.68 Å². The van der Waals surface area contributed by atoms with Gasteiger partial charge in [-0.3, -0.25) is 9.59 Å². The number of aliphatic carboxylic acids is 1. The number of hydrogen-bond donors (Lipinski definition) is 1. The van der Waals surface area contributed by atoms with E-state index in [4.69, 9.17) is 5.11 Å². The molecule has 6 nitrogen and oxygen atoms in total. The first-order valence-corrected chi connectivity index (χ1v) is 7.32. The molecule has 6 heteroatoms. The standard InChI is InChI=1S/C16H17N3O3/c1-2-19-16(22)15-12(10-17-19)11-6-3-4-7-13(11)18(15)9-5-8-14(20)21/h3-4,6-7,10H,2,5,8-9H2,1H3,(H,20,21). The van der Waals surface area contributed by atoms with Crippen molar-refractivity contribution in [1.29, 1.82) is 0 Å². The number of para-hydroxylation sites is 1. The number of benzene rings is 1. The molecule has 1 aromatic carbocycles. The van der Waals surface area contributed by atoms with Crippen molar-refractivity contribution in [1.82, 2.24) is 14.3 Å². The van der Waals surface area contributed by atoms with Crippen LogP contribution in [0.1, 0.15) is 19.8 Å². The van der Waals surface area contributed by atoms with E-state index >= 15 is 0 Å². The maximum atomic E-state index is 12.6. The lowest BCUT2D eigenvalue weighted by atomic mass is 10.2. The molecule has 0 saturated heterocycles. The number of rotatable bonds is 5. The van der Waals surface area contributed by atoms with E-state index in [1.54, 1.807) is 6.20 Å². The maximum absolute atomic E-state index is 12.6. The molecule has 22 heavy (non-hydrogen) atoms. The van der Waals surface area contributed by atoms with Crippen molar-refractivity contribution in [2.45, 2.75) is 32.9 Å². The minimum atomic E-state index is -0.826. The average Bonchev–Trinajstić information content (AvgIpc) is 2.83. The van der Waals surface area contributed by atoms with E-state index in [2.05, 4.69) is 5.10 Å². The third kappa shape index (κ3) is 2.26. The van der Waals surface area contributed by atoms with Gasteiger partial charge in [-0.1, -0.05) is 18.2 Å². The van der Waals surface area contributed by atoms with Crippen molar-refractivity contribution < 1.29 is 9.90 Å². The Kier molecular flexibility index (Phi) is 3.66. The number of hydrogen-bond acceptors (Lipinski definition) is 3. The third-order valence-electron chi connectivity index (χ3n) is 3.85. The van der Waals surface area contributed by atoms with Crippen LogP contribution in [0.2, 0.25) is 0 Å². The first kappa shape index (κ1) is 14.3. The number of aryl methyl sites for hydroxylation is 2. The summed E-state index contributed by atoms with van der Waals surface area (Å²) in [6, 6.07) is 7.75. The van der Waals surface area contributed by atoms with Crippen molar-refractivity contribution >= 4 is 27.8 Å². The quantitative estimate of drug-likeness (QED) is 0.783. The Labute approximate surface area is 126 Å². The molecule has 0 aliphatic carbocycles. The van der Waals surface area contributed by atoms with Crippen molar-refractivity contribution in [3.8, 4) is 0 Å². The van der Waals surface area contributed by atoms with Gasteiger partial charge in [0.25, 0.3) is 5.56 Å². The minimum absolute atomic E-state index is 0.0844. The summed E-state index contributed by atoms with van der Waals surface area (Å²) in [5.74, 6) is -0.826. The molecule has 0 aliphatic heterocycles. The Balaban J connectivity index is 2.24. The molecule has 0 unspecified atom stereocenters. The minimum Gasteiger partial charge on any atom is -0.481 e. The Hall–Kier alpha value is -2.63. The van der Waals surface area contributed by atoms with E-state index < -0.39 is 5.97 Å². The highest BCUT2D eigenvalue weighted by atomic mass is 16.4. The zero-order valence-electron chi connectivity index (χ0n) is 12.3. The molecular weight excluding hydrogens is 282 g/mol. The van der Waals surface area contributed by atoms with E-state index in [0.29, 0.717) is 25.0 Å². The number of fused-ring (bicyclic) bond motifs is 3. The molecule has 0 spiro atoms. The molecule has 0 radical (unpaired) electrons. The lowest BCUT2D eigenvalue weighted by molar-refractivity contribution is -0.137. The van der Waals surface area contributed by atoms with Gasteiger partial charge in [-0.2, -0.15) is 5.10 Å². The van der Waals surface area contributed by atoms with Gasteiger partial charge in [-0.05, 0) is 19.4 Å². The van der Waals surface area contributed by atoms with Crippen molar-refractivity contribution in [3.63, 3.8) is 0 Å². The molecule has 1 N–H and O–H groups in total. The Morgan fingerprint density at radius 2 is 2.05 bits per heavy atom. The van der Waals surface area contributed by atoms with Gasteiger partial charge in [0.2, 0.25) is 0 Å². The van der Waals surface area contributed by atoms with Gasteiger partial charge < -0.3 is 9.67 Å². The maximum Gasteiger partial charge on any atom is 0.303 e. The molecule has 3 aromatic rings. The molecule has 0 aliphatic rings. The van der Waals surface area contributed by atoms with Crippen molar-refractivity contribution in [2.24, 2.45) is 0 Å². The van der Waals surface area contributed by atoms with E-state index in [1.807, 2.05) is 35.8 Å². The van der Waals surface area contributed by atoms with Crippen LogP contribution >= 0.6 is 0 Å². The molecule has 3 rings (SSSR count). The second-order valence-corrected chi connectivity index (χ2v) is 5.19. The Bertz CT molecular complexity index is 908. The summed E-state index contributed by atoms with van der Waals surface area (Å²) in [5, 5.41) is 14.8. The van der Waals surface area contributed by atoms with Crippen LogP contribution in [-0.2, 0) is 17.9 Å². The van der Waals surface area contributed by atoms with Crippen LogP contribution < -0.4 is 5.56 Å². The number of carboxylic acid groups (broad SMARTS) is 1. The average molecular weight is 299 g/mol. The fourth-order valence-corrected chi connectivity index (χ4v) is 2.84. The zero-order valence-corrected chi connectivity index (χ0v) is 12.3. The monoisotopic (exact) mass is 299 g/mol. The highest BCUT2D eigenvalue weighted by Crippen LogP contribution is 2.26. The van der Waals surface area contributed by atoms with Crippen LogP contribution in [0.15, 0.2) is 35.3 Å².